The van der Waals surface area contributed by atoms with Crippen LogP contribution in [0, 0.1) is 0 Å². The van der Waals surface area contributed by atoms with Crippen LogP contribution in [-0.4, -0.2) is 16.1 Å². The lowest BCUT2D eigenvalue weighted by Gasteiger charge is -2.08. The smallest absolute Gasteiger partial charge is 0.337 e. The van der Waals surface area contributed by atoms with Gasteiger partial charge >= 0.3 is 5.97 Å². The number of hydrogen-bond donors (Lipinski definition) is 2. The Hall–Kier alpha value is -2.07. The van der Waals surface area contributed by atoms with E-state index >= 15 is 0 Å². The first-order chi connectivity index (χ1) is 9.10. The molecule has 0 spiro atoms. The van der Waals surface area contributed by atoms with E-state index in [4.69, 9.17) is 16.7 Å². The van der Waals surface area contributed by atoms with Crippen LogP contribution >= 0.6 is 11.6 Å². The zero-order valence-corrected chi connectivity index (χ0v) is 11.1. The van der Waals surface area contributed by atoms with Gasteiger partial charge in [0.2, 0.25) is 0 Å². The van der Waals surface area contributed by atoms with Crippen molar-refractivity contribution in [2.45, 2.75) is 13.3 Å². The van der Waals surface area contributed by atoms with E-state index in [1.165, 1.54) is 17.8 Å². The molecule has 0 bridgehead atoms. The SMILES string of the molecule is CCc1cccc(Nc2cc(C(=O)O)c(Cl)cn2)c1. The highest BCUT2D eigenvalue weighted by atomic mass is 35.5. The Kier molecular flexibility index (Phi) is 4.02. The van der Waals surface area contributed by atoms with Gasteiger partial charge in [-0.15, -0.1) is 0 Å². The van der Waals surface area contributed by atoms with Crippen molar-refractivity contribution in [3.8, 4) is 0 Å². The fourth-order valence-electron chi connectivity index (χ4n) is 1.69. The van der Waals surface area contributed by atoms with Gasteiger partial charge in [-0.1, -0.05) is 30.7 Å². The fraction of sp³-hybridized carbons (Fsp3) is 0.143. The molecular formula is C14H13ClN2O2. The van der Waals surface area contributed by atoms with Crippen LogP contribution in [-0.2, 0) is 6.42 Å². The molecule has 1 aromatic heterocycles. The van der Waals surface area contributed by atoms with Crippen molar-refractivity contribution in [1.29, 1.82) is 0 Å². The molecule has 98 valence electrons. The number of benzene rings is 1. The number of aromatic carboxylic acids is 1. The highest BCUT2D eigenvalue weighted by Crippen LogP contribution is 2.21. The average molecular weight is 277 g/mol. The largest absolute Gasteiger partial charge is 0.478 e. The second kappa shape index (κ2) is 5.71. The molecule has 1 aromatic carbocycles. The summed E-state index contributed by atoms with van der Waals surface area (Å²) in [5.74, 6) is -0.618. The van der Waals surface area contributed by atoms with Crippen LogP contribution in [0.25, 0.3) is 0 Å². The van der Waals surface area contributed by atoms with E-state index in [0.29, 0.717) is 5.82 Å². The van der Waals surface area contributed by atoms with E-state index in [-0.39, 0.29) is 10.6 Å². The first kappa shape index (κ1) is 13.4. The normalized spacial score (nSPS) is 10.2. The molecule has 19 heavy (non-hydrogen) atoms. The Morgan fingerprint density at radius 1 is 1.42 bits per heavy atom. The topological polar surface area (TPSA) is 62.2 Å². The molecular weight excluding hydrogens is 264 g/mol. The number of nitrogens with one attached hydrogen (secondary N) is 1. The molecule has 0 aliphatic carbocycles. The van der Waals surface area contributed by atoms with E-state index in [0.717, 1.165) is 12.1 Å². The molecule has 0 aliphatic rings. The monoisotopic (exact) mass is 276 g/mol. The van der Waals surface area contributed by atoms with E-state index < -0.39 is 5.97 Å². The molecule has 0 fully saturated rings. The number of carbonyl (C=O) groups is 1. The number of pyridine rings is 1. The highest BCUT2D eigenvalue weighted by molar-refractivity contribution is 6.33. The van der Waals surface area contributed by atoms with Crippen LogP contribution in [0.3, 0.4) is 0 Å². The van der Waals surface area contributed by atoms with Crippen molar-refractivity contribution in [3.05, 3.63) is 52.7 Å². The maximum atomic E-state index is 11.0. The summed E-state index contributed by atoms with van der Waals surface area (Å²) in [5, 5.41) is 12.2. The summed E-state index contributed by atoms with van der Waals surface area (Å²) in [4.78, 5) is 15.1. The summed E-state index contributed by atoms with van der Waals surface area (Å²) in [6.45, 7) is 2.07. The Morgan fingerprint density at radius 3 is 2.89 bits per heavy atom. The second-order valence-corrected chi connectivity index (χ2v) is 4.44. The summed E-state index contributed by atoms with van der Waals surface area (Å²) in [7, 11) is 0. The van der Waals surface area contributed by atoms with Crippen LogP contribution in [0.2, 0.25) is 5.02 Å². The lowest BCUT2D eigenvalue weighted by atomic mass is 10.1. The van der Waals surface area contributed by atoms with Crippen LogP contribution in [0.5, 0.6) is 0 Å². The maximum absolute atomic E-state index is 11.0. The van der Waals surface area contributed by atoms with Crippen LogP contribution in [0.1, 0.15) is 22.8 Å². The molecule has 4 nitrogen and oxygen atoms in total. The van der Waals surface area contributed by atoms with Crippen molar-refractivity contribution < 1.29 is 9.90 Å². The lowest BCUT2D eigenvalue weighted by molar-refractivity contribution is 0.0697. The average Bonchev–Trinajstić information content (AvgIpc) is 2.41. The predicted octanol–water partition coefficient (Wildman–Crippen LogP) is 3.74. The molecule has 0 saturated heterocycles. The molecule has 2 aromatic rings. The highest BCUT2D eigenvalue weighted by Gasteiger charge is 2.10. The van der Waals surface area contributed by atoms with Crippen molar-refractivity contribution in [3.63, 3.8) is 0 Å². The molecule has 2 rings (SSSR count). The van der Waals surface area contributed by atoms with Gasteiger partial charge in [-0.05, 0) is 30.2 Å². The number of aromatic nitrogens is 1. The third-order valence-electron chi connectivity index (χ3n) is 2.69. The number of halogens is 1. The fourth-order valence-corrected chi connectivity index (χ4v) is 1.87. The zero-order valence-electron chi connectivity index (χ0n) is 10.4. The maximum Gasteiger partial charge on any atom is 0.337 e. The summed E-state index contributed by atoms with van der Waals surface area (Å²) >= 11 is 5.77. The van der Waals surface area contributed by atoms with E-state index in [2.05, 4.69) is 17.2 Å². The number of anilines is 2. The van der Waals surface area contributed by atoms with Gasteiger partial charge in [0.25, 0.3) is 0 Å². The molecule has 1 heterocycles. The van der Waals surface area contributed by atoms with Crippen LogP contribution < -0.4 is 5.32 Å². The zero-order chi connectivity index (χ0) is 13.8. The minimum Gasteiger partial charge on any atom is -0.478 e. The molecule has 0 unspecified atom stereocenters. The molecule has 0 saturated carbocycles. The number of hydrogen-bond acceptors (Lipinski definition) is 3. The number of carboxylic acids is 1. The molecule has 2 N–H and O–H groups in total. The third-order valence-corrected chi connectivity index (χ3v) is 2.99. The van der Waals surface area contributed by atoms with Gasteiger partial charge in [0, 0.05) is 11.9 Å². The minimum absolute atomic E-state index is 0.0332. The van der Waals surface area contributed by atoms with Gasteiger partial charge in [-0.3, -0.25) is 0 Å². The van der Waals surface area contributed by atoms with Crippen LogP contribution in [0.15, 0.2) is 36.5 Å². The van der Waals surface area contributed by atoms with Crippen molar-refractivity contribution >= 4 is 29.1 Å². The minimum atomic E-state index is -1.07. The van der Waals surface area contributed by atoms with Gasteiger partial charge in [0.15, 0.2) is 0 Å². The first-order valence-electron chi connectivity index (χ1n) is 5.85. The number of nitrogens with zero attached hydrogens (tertiary/aromatic N) is 1. The lowest BCUT2D eigenvalue weighted by Crippen LogP contribution is -2.01. The van der Waals surface area contributed by atoms with E-state index in [1.807, 2.05) is 24.3 Å². The number of aryl methyl sites for hydroxylation is 1. The van der Waals surface area contributed by atoms with Crippen LogP contribution in [0.4, 0.5) is 11.5 Å². The van der Waals surface area contributed by atoms with E-state index in [1.54, 1.807) is 0 Å². The Labute approximate surface area is 116 Å². The molecule has 0 radical (unpaired) electrons. The van der Waals surface area contributed by atoms with Gasteiger partial charge in [0.05, 0.1) is 10.6 Å². The Balaban J connectivity index is 2.28. The summed E-state index contributed by atoms with van der Waals surface area (Å²) in [6, 6.07) is 9.29. The molecule has 0 atom stereocenters. The second-order valence-electron chi connectivity index (χ2n) is 4.03. The summed E-state index contributed by atoms with van der Waals surface area (Å²) in [5.41, 5.74) is 2.09. The van der Waals surface area contributed by atoms with Gasteiger partial charge in [-0.25, -0.2) is 9.78 Å². The molecule has 5 heteroatoms. The van der Waals surface area contributed by atoms with Gasteiger partial charge in [0.1, 0.15) is 5.82 Å². The Morgan fingerprint density at radius 2 is 2.21 bits per heavy atom. The van der Waals surface area contributed by atoms with Gasteiger partial charge in [-0.2, -0.15) is 0 Å². The van der Waals surface area contributed by atoms with Crippen molar-refractivity contribution in [2.75, 3.05) is 5.32 Å². The number of rotatable bonds is 4. The molecule has 0 amide bonds. The Bertz CT molecular complexity index is 614. The quantitative estimate of drug-likeness (QED) is 0.893. The van der Waals surface area contributed by atoms with Crippen molar-refractivity contribution in [2.24, 2.45) is 0 Å². The number of carboxylic acid groups (broad SMARTS) is 1. The predicted molar refractivity (Wildman–Crippen MR) is 75.3 cm³/mol. The third kappa shape index (κ3) is 3.23. The summed E-state index contributed by atoms with van der Waals surface area (Å²) in [6.07, 6.45) is 2.26. The van der Waals surface area contributed by atoms with Gasteiger partial charge < -0.3 is 10.4 Å². The van der Waals surface area contributed by atoms with Crippen molar-refractivity contribution in [1.82, 2.24) is 4.98 Å². The molecule has 0 aliphatic heterocycles. The summed E-state index contributed by atoms with van der Waals surface area (Å²) < 4.78 is 0. The first-order valence-corrected chi connectivity index (χ1v) is 6.22. The standard InChI is InChI=1S/C14H13ClN2O2/c1-2-9-4-3-5-10(6-9)17-13-7-11(14(18)19)12(15)8-16-13/h3-8H,2H2,1H3,(H,16,17)(H,18,19). The van der Waals surface area contributed by atoms with E-state index in [9.17, 15) is 4.79 Å².